The van der Waals surface area contributed by atoms with Crippen molar-refractivity contribution in [2.45, 2.75) is 31.3 Å². The van der Waals surface area contributed by atoms with Crippen LogP contribution in [0.1, 0.15) is 26.3 Å². The maximum Gasteiger partial charge on any atom is 0.316 e. The van der Waals surface area contributed by atoms with Gasteiger partial charge in [0.15, 0.2) is 0 Å². The van der Waals surface area contributed by atoms with E-state index >= 15 is 0 Å². The molecule has 0 aliphatic rings. The second-order valence-electron chi connectivity index (χ2n) is 7.07. The quantitative estimate of drug-likeness (QED) is 0.462. The zero-order chi connectivity index (χ0) is 19.4. The molecule has 0 N–H and O–H groups in total. The minimum atomic E-state index is -0.498. The number of ether oxygens (including phenoxy) is 1. The SMILES string of the molecule is CC(C)(C)OC(=O)CSc1ccncc1-c1ccc(C#N)c2ccccc12. The Bertz CT molecular complexity index is 1030. The summed E-state index contributed by atoms with van der Waals surface area (Å²) in [5, 5.41) is 11.3. The molecule has 0 aliphatic heterocycles. The molecule has 0 bridgehead atoms. The number of rotatable bonds is 4. The summed E-state index contributed by atoms with van der Waals surface area (Å²) in [4.78, 5) is 17.3. The van der Waals surface area contributed by atoms with E-state index in [9.17, 15) is 10.1 Å². The molecule has 0 saturated carbocycles. The van der Waals surface area contributed by atoms with E-state index in [0.717, 1.165) is 26.8 Å². The molecule has 1 heterocycles. The van der Waals surface area contributed by atoms with Crippen LogP contribution in [0.4, 0.5) is 0 Å². The Morgan fingerprint density at radius 2 is 1.85 bits per heavy atom. The third-order valence-corrected chi connectivity index (χ3v) is 4.93. The number of carbonyl (C=O) groups excluding carboxylic acids is 1. The van der Waals surface area contributed by atoms with Crippen LogP contribution in [0.3, 0.4) is 0 Å². The number of fused-ring (bicyclic) bond motifs is 1. The summed E-state index contributed by atoms with van der Waals surface area (Å²) >= 11 is 1.43. The molecule has 0 fully saturated rings. The lowest BCUT2D eigenvalue weighted by atomic mass is 9.96. The summed E-state index contributed by atoms with van der Waals surface area (Å²) in [5.41, 5.74) is 2.07. The highest BCUT2D eigenvalue weighted by molar-refractivity contribution is 8.00. The molecule has 1 aromatic heterocycles. The highest BCUT2D eigenvalue weighted by Crippen LogP contribution is 2.36. The molecule has 4 nitrogen and oxygen atoms in total. The molecule has 0 amide bonds. The molecule has 5 heteroatoms. The van der Waals surface area contributed by atoms with Gasteiger partial charge in [-0.25, -0.2) is 0 Å². The van der Waals surface area contributed by atoms with Crippen molar-refractivity contribution in [1.82, 2.24) is 4.98 Å². The minimum absolute atomic E-state index is 0.225. The molecule has 3 rings (SSSR count). The molecule has 0 radical (unpaired) electrons. The van der Waals surface area contributed by atoms with Gasteiger partial charge in [0.05, 0.1) is 17.4 Å². The third kappa shape index (κ3) is 4.47. The second kappa shape index (κ2) is 7.81. The predicted octanol–water partition coefficient (Wildman–Crippen LogP) is 5.21. The Balaban J connectivity index is 1.97. The maximum atomic E-state index is 12.1. The summed E-state index contributed by atoms with van der Waals surface area (Å²) in [6, 6.07) is 15.7. The van der Waals surface area contributed by atoms with Gasteiger partial charge in [0.1, 0.15) is 5.60 Å². The molecule has 0 atom stereocenters. The fourth-order valence-corrected chi connectivity index (χ4v) is 3.66. The first-order chi connectivity index (χ1) is 12.9. The van der Waals surface area contributed by atoms with Crippen LogP contribution in [0.25, 0.3) is 21.9 Å². The molecule has 3 aromatic rings. The molecular weight excluding hydrogens is 356 g/mol. The Labute approximate surface area is 163 Å². The van der Waals surface area contributed by atoms with Crippen molar-refractivity contribution < 1.29 is 9.53 Å². The van der Waals surface area contributed by atoms with Gasteiger partial charge < -0.3 is 4.74 Å². The Morgan fingerprint density at radius 3 is 2.56 bits per heavy atom. The monoisotopic (exact) mass is 376 g/mol. The molecule has 27 heavy (non-hydrogen) atoms. The van der Waals surface area contributed by atoms with E-state index in [1.807, 2.05) is 63.2 Å². The average Bonchev–Trinajstić information content (AvgIpc) is 2.64. The van der Waals surface area contributed by atoms with E-state index in [2.05, 4.69) is 11.1 Å². The normalized spacial score (nSPS) is 11.2. The fourth-order valence-electron chi connectivity index (χ4n) is 2.85. The van der Waals surface area contributed by atoms with Crippen LogP contribution in [0.15, 0.2) is 59.8 Å². The van der Waals surface area contributed by atoms with E-state index in [1.54, 1.807) is 12.4 Å². The van der Waals surface area contributed by atoms with Crippen molar-refractivity contribution in [3.05, 3.63) is 60.4 Å². The maximum absolute atomic E-state index is 12.1. The van der Waals surface area contributed by atoms with Crippen molar-refractivity contribution in [2.24, 2.45) is 0 Å². The van der Waals surface area contributed by atoms with Crippen molar-refractivity contribution in [1.29, 1.82) is 5.26 Å². The van der Waals surface area contributed by atoms with Gasteiger partial charge in [0, 0.05) is 28.2 Å². The van der Waals surface area contributed by atoms with Crippen LogP contribution in [0.2, 0.25) is 0 Å². The van der Waals surface area contributed by atoms with Crippen molar-refractivity contribution in [2.75, 3.05) is 5.75 Å². The lowest BCUT2D eigenvalue weighted by Crippen LogP contribution is -2.24. The molecule has 136 valence electrons. The highest BCUT2D eigenvalue weighted by atomic mass is 32.2. The summed E-state index contributed by atoms with van der Waals surface area (Å²) in [7, 11) is 0. The Kier molecular flexibility index (Phi) is 5.48. The van der Waals surface area contributed by atoms with Crippen molar-refractivity contribution >= 4 is 28.5 Å². The van der Waals surface area contributed by atoms with Crippen molar-refractivity contribution in [3.8, 4) is 17.2 Å². The van der Waals surface area contributed by atoms with Gasteiger partial charge in [-0.2, -0.15) is 5.26 Å². The summed E-state index contributed by atoms with van der Waals surface area (Å²) in [6.45, 7) is 5.57. The number of hydrogen-bond donors (Lipinski definition) is 0. The molecule has 0 spiro atoms. The van der Waals surface area contributed by atoms with Crippen LogP contribution in [0, 0.1) is 11.3 Å². The lowest BCUT2D eigenvalue weighted by molar-refractivity contribution is -0.151. The van der Waals surface area contributed by atoms with Crippen LogP contribution < -0.4 is 0 Å². The van der Waals surface area contributed by atoms with Gasteiger partial charge in [0.2, 0.25) is 0 Å². The van der Waals surface area contributed by atoms with Gasteiger partial charge >= 0.3 is 5.97 Å². The van der Waals surface area contributed by atoms with E-state index in [-0.39, 0.29) is 11.7 Å². The van der Waals surface area contributed by atoms with Crippen LogP contribution >= 0.6 is 11.8 Å². The molecule has 2 aromatic carbocycles. The number of nitriles is 1. The summed E-state index contributed by atoms with van der Waals surface area (Å²) in [6.07, 6.45) is 3.51. The lowest BCUT2D eigenvalue weighted by Gasteiger charge is -2.19. The first kappa shape index (κ1) is 18.9. The fraction of sp³-hybridized carbons (Fsp3) is 0.227. The predicted molar refractivity (Wildman–Crippen MR) is 108 cm³/mol. The van der Waals surface area contributed by atoms with Crippen LogP contribution in [-0.4, -0.2) is 22.3 Å². The van der Waals surface area contributed by atoms with E-state index in [0.29, 0.717) is 5.56 Å². The average molecular weight is 376 g/mol. The number of hydrogen-bond acceptors (Lipinski definition) is 5. The first-order valence-corrected chi connectivity index (χ1v) is 9.58. The number of aromatic nitrogens is 1. The van der Waals surface area contributed by atoms with Gasteiger partial charge in [-0.05, 0) is 43.9 Å². The molecule has 0 aliphatic carbocycles. The Hall–Kier alpha value is -2.84. The standard InChI is InChI=1S/C22H20N2O2S/c1-22(2,3)26-21(25)14-27-20-10-11-24-13-19(20)18-9-8-15(12-23)16-6-4-5-7-17(16)18/h4-11,13H,14H2,1-3H3. The zero-order valence-electron chi connectivity index (χ0n) is 15.5. The van der Waals surface area contributed by atoms with E-state index in [4.69, 9.17) is 4.74 Å². The highest BCUT2D eigenvalue weighted by Gasteiger charge is 2.18. The largest absolute Gasteiger partial charge is 0.459 e. The van der Waals surface area contributed by atoms with Gasteiger partial charge in [-0.3, -0.25) is 9.78 Å². The number of pyridine rings is 1. The second-order valence-corrected chi connectivity index (χ2v) is 8.08. The third-order valence-electron chi connectivity index (χ3n) is 3.88. The van der Waals surface area contributed by atoms with Crippen molar-refractivity contribution in [3.63, 3.8) is 0 Å². The summed E-state index contributed by atoms with van der Waals surface area (Å²) < 4.78 is 5.39. The van der Waals surface area contributed by atoms with E-state index < -0.39 is 5.60 Å². The van der Waals surface area contributed by atoms with Gasteiger partial charge in [0.25, 0.3) is 0 Å². The smallest absolute Gasteiger partial charge is 0.316 e. The Morgan fingerprint density at radius 1 is 1.11 bits per heavy atom. The van der Waals surface area contributed by atoms with Gasteiger partial charge in [-0.15, -0.1) is 11.8 Å². The molecule has 0 unspecified atom stereocenters. The zero-order valence-corrected chi connectivity index (χ0v) is 16.3. The van der Waals surface area contributed by atoms with Gasteiger partial charge in [-0.1, -0.05) is 30.3 Å². The topological polar surface area (TPSA) is 63.0 Å². The van der Waals surface area contributed by atoms with E-state index in [1.165, 1.54) is 11.8 Å². The van der Waals surface area contributed by atoms with Crippen LogP contribution in [0.5, 0.6) is 0 Å². The number of nitrogens with zero attached hydrogens (tertiary/aromatic N) is 2. The summed E-state index contributed by atoms with van der Waals surface area (Å²) in [5.74, 6) is -0.0254. The number of thioether (sulfide) groups is 1. The number of benzene rings is 2. The van der Waals surface area contributed by atoms with Crippen LogP contribution in [-0.2, 0) is 9.53 Å². The number of carbonyl (C=O) groups is 1. The number of esters is 1. The minimum Gasteiger partial charge on any atom is -0.459 e. The molecular formula is C22H20N2O2S. The molecule has 0 saturated heterocycles. The first-order valence-electron chi connectivity index (χ1n) is 8.60.